The Morgan fingerprint density at radius 1 is 1.09 bits per heavy atom. The second-order valence-electron chi connectivity index (χ2n) is 5.43. The molecule has 1 heterocycles. The molecule has 1 fully saturated rings. The molecule has 1 aliphatic rings. The lowest BCUT2D eigenvalue weighted by Crippen LogP contribution is -2.32. The van der Waals surface area contributed by atoms with Gasteiger partial charge in [0.25, 0.3) is 0 Å². The third-order valence-corrected chi connectivity index (χ3v) is 5.71. The normalized spacial score (nSPS) is 19.0. The molecule has 1 atom stereocenters. The summed E-state index contributed by atoms with van der Waals surface area (Å²) in [5, 5.41) is 3.26. The zero-order valence-electron chi connectivity index (χ0n) is 12.2. The number of rotatable bonds is 4. The topological polar surface area (TPSA) is 49.4 Å². The Kier molecular flexibility index (Phi) is 4.32. The largest absolute Gasteiger partial charge is 0.381 e. The molecule has 2 aromatic rings. The third kappa shape index (κ3) is 3.35. The lowest BCUT2D eigenvalue weighted by atomic mass is 10.2. The van der Waals surface area contributed by atoms with E-state index in [1.54, 1.807) is 0 Å². The maximum atomic E-state index is 13.8. The Morgan fingerprint density at radius 3 is 2.52 bits per heavy atom. The van der Waals surface area contributed by atoms with Gasteiger partial charge in [0.05, 0.1) is 0 Å². The van der Waals surface area contributed by atoms with Gasteiger partial charge in [-0.25, -0.2) is 17.2 Å². The monoisotopic (exact) mass is 338 g/mol. The summed E-state index contributed by atoms with van der Waals surface area (Å²) < 4.78 is 53.0. The van der Waals surface area contributed by atoms with E-state index in [4.69, 9.17) is 0 Å². The molecule has 7 heteroatoms. The van der Waals surface area contributed by atoms with E-state index in [0.717, 1.165) is 17.8 Å². The molecule has 0 saturated carbocycles. The lowest BCUT2D eigenvalue weighted by Gasteiger charge is -2.18. The highest BCUT2D eigenvalue weighted by Crippen LogP contribution is 2.25. The molecule has 1 aliphatic heterocycles. The second-order valence-corrected chi connectivity index (χ2v) is 7.34. The van der Waals surface area contributed by atoms with Crippen LogP contribution in [0.4, 0.5) is 14.5 Å². The average Bonchev–Trinajstić information content (AvgIpc) is 2.97. The molecule has 0 aliphatic carbocycles. The number of hydrogen-bond donors (Lipinski definition) is 1. The Morgan fingerprint density at radius 2 is 1.83 bits per heavy atom. The number of benzene rings is 2. The van der Waals surface area contributed by atoms with Crippen LogP contribution in [0.25, 0.3) is 0 Å². The Hall–Kier alpha value is -1.99. The molecule has 0 spiro atoms. The highest BCUT2D eigenvalue weighted by molar-refractivity contribution is 7.89. The molecule has 0 aromatic heterocycles. The predicted octanol–water partition coefficient (Wildman–Crippen LogP) is 2.84. The molecular formula is C16H16F2N2O2S. The number of nitrogens with one attached hydrogen (secondary N) is 1. The van der Waals surface area contributed by atoms with Crippen molar-refractivity contribution in [3.05, 3.63) is 60.2 Å². The summed E-state index contributed by atoms with van der Waals surface area (Å²) in [5.41, 5.74) is 0.907. The summed E-state index contributed by atoms with van der Waals surface area (Å²) in [7, 11) is -3.96. The number of sulfonamides is 1. The van der Waals surface area contributed by atoms with E-state index in [1.165, 1.54) is 4.31 Å². The van der Waals surface area contributed by atoms with Crippen LogP contribution in [0.15, 0.2) is 53.4 Å². The lowest BCUT2D eigenvalue weighted by molar-refractivity contribution is 0.465. The molecular weight excluding hydrogens is 322 g/mol. The molecule has 0 unspecified atom stereocenters. The van der Waals surface area contributed by atoms with Crippen LogP contribution in [0, 0.1) is 11.6 Å². The number of hydrogen-bond acceptors (Lipinski definition) is 3. The molecule has 3 rings (SSSR count). The zero-order valence-corrected chi connectivity index (χ0v) is 13.1. The molecule has 0 amide bonds. The molecule has 4 nitrogen and oxygen atoms in total. The van der Waals surface area contributed by atoms with Gasteiger partial charge in [0, 0.05) is 30.9 Å². The van der Waals surface area contributed by atoms with E-state index < -0.39 is 26.6 Å². The van der Waals surface area contributed by atoms with Crippen molar-refractivity contribution in [1.29, 1.82) is 0 Å². The van der Waals surface area contributed by atoms with Gasteiger partial charge < -0.3 is 5.32 Å². The number of halogens is 2. The van der Waals surface area contributed by atoms with Crippen molar-refractivity contribution in [3.8, 4) is 0 Å². The number of para-hydroxylation sites is 1. The van der Waals surface area contributed by atoms with Gasteiger partial charge in [0.1, 0.15) is 16.5 Å². The van der Waals surface area contributed by atoms with Crippen molar-refractivity contribution in [2.45, 2.75) is 17.4 Å². The van der Waals surface area contributed by atoms with Gasteiger partial charge in [-0.1, -0.05) is 18.2 Å². The minimum absolute atomic E-state index is 0.0457. The number of nitrogens with zero attached hydrogens (tertiary/aromatic N) is 1. The van der Waals surface area contributed by atoms with Crippen molar-refractivity contribution in [2.75, 3.05) is 18.4 Å². The SMILES string of the molecule is O=S(=O)(c1ccc(F)cc1F)N1CC[C@H](Nc2ccccc2)C1. The Balaban J connectivity index is 1.75. The van der Waals surface area contributed by atoms with Gasteiger partial charge in [0.2, 0.25) is 10.0 Å². The minimum Gasteiger partial charge on any atom is -0.381 e. The fourth-order valence-electron chi connectivity index (χ4n) is 2.66. The van der Waals surface area contributed by atoms with Crippen LogP contribution in [0.1, 0.15) is 6.42 Å². The first-order valence-corrected chi connectivity index (χ1v) is 8.67. The molecule has 23 heavy (non-hydrogen) atoms. The first-order chi connectivity index (χ1) is 11.0. The summed E-state index contributed by atoms with van der Waals surface area (Å²) >= 11 is 0. The molecule has 1 saturated heterocycles. The van der Waals surface area contributed by atoms with Crippen molar-refractivity contribution in [2.24, 2.45) is 0 Å². The van der Waals surface area contributed by atoms with Crippen molar-refractivity contribution < 1.29 is 17.2 Å². The van der Waals surface area contributed by atoms with Crippen LogP contribution in [0.5, 0.6) is 0 Å². The standard InChI is InChI=1S/C16H16F2N2O2S/c17-12-6-7-16(15(18)10-12)23(21,22)20-9-8-14(11-20)19-13-4-2-1-3-5-13/h1-7,10,14,19H,8-9,11H2/t14-/m0/s1. The zero-order chi connectivity index (χ0) is 16.4. The van der Waals surface area contributed by atoms with Gasteiger partial charge in [0.15, 0.2) is 0 Å². The molecule has 1 N–H and O–H groups in total. The number of anilines is 1. The van der Waals surface area contributed by atoms with Crippen LogP contribution in [-0.2, 0) is 10.0 Å². The molecule has 122 valence electrons. The van der Waals surface area contributed by atoms with Crippen LogP contribution in [0.2, 0.25) is 0 Å². The third-order valence-electron chi connectivity index (χ3n) is 3.81. The smallest absolute Gasteiger partial charge is 0.246 e. The summed E-state index contributed by atoms with van der Waals surface area (Å²) in [4.78, 5) is -0.487. The average molecular weight is 338 g/mol. The fraction of sp³-hybridized carbons (Fsp3) is 0.250. The van der Waals surface area contributed by atoms with E-state index in [-0.39, 0.29) is 12.6 Å². The van der Waals surface area contributed by atoms with Gasteiger partial charge in [-0.15, -0.1) is 0 Å². The van der Waals surface area contributed by atoms with Crippen molar-refractivity contribution in [1.82, 2.24) is 4.31 Å². The molecule has 0 bridgehead atoms. The second kappa shape index (κ2) is 6.25. The molecule has 2 aromatic carbocycles. The van der Waals surface area contributed by atoms with Crippen LogP contribution in [0.3, 0.4) is 0 Å². The van der Waals surface area contributed by atoms with E-state index >= 15 is 0 Å². The van der Waals surface area contributed by atoms with Crippen molar-refractivity contribution in [3.63, 3.8) is 0 Å². The van der Waals surface area contributed by atoms with Gasteiger partial charge in [-0.3, -0.25) is 0 Å². The van der Waals surface area contributed by atoms with E-state index in [0.29, 0.717) is 19.0 Å². The summed E-state index contributed by atoms with van der Waals surface area (Å²) in [6.45, 7) is 0.539. The minimum atomic E-state index is -3.96. The van der Waals surface area contributed by atoms with Gasteiger partial charge in [-0.2, -0.15) is 4.31 Å². The summed E-state index contributed by atoms with van der Waals surface area (Å²) in [6.07, 6.45) is 0.622. The summed E-state index contributed by atoms with van der Waals surface area (Å²) in [6, 6.07) is 11.9. The predicted molar refractivity (Wildman–Crippen MR) is 83.6 cm³/mol. The first-order valence-electron chi connectivity index (χ1n) is 7.23. The van der Waals surface area contributed by atoms with Crippen molar-refractivity contribution >= 4 is 15.7 Å². The maximum absolute atomic E-state index is 13.8. The highest BCUT2D eigenvalue weighted by Gasteiger charge is 2.34. The first kappa shape index (κ1) is 15.9. The highest BCUT2D eigenvalue weighted by atomic mass is 32.2. The van der Waals surface area contributed by atoms with E-state index in [9.17, 15) is 17.2 Å². The molecule has 0 radical (unpaired) electrons. The van der Waals surface area contributed by atoms with Gasteiger partial charge >= 0.3 is 0 Å². The van der Waals surface area contributed by atoms with Gasteiger partial charge in [-0.05, 0) is 30.7 Å². The van der Waals surface area contributed by atoms with Crippen LogP contribution in [-0.4, -0.2) is 31.9 Å². The quantitative estimate of drug-likeness (QED) is 0.933. The van der Waals surface area contributed by atoms with E-state index in [1.807, 2.05) is 30.3 Å². The maximum Gasteiger partial charge on any atom is 0.246 e. The fourth-order valence-corrected chi connectivity index (χ4v) is 4.20. The Bertz CT molecular complexity index is 797. The van der Waals surface area contributed by atoms with E-state index in [2.05, 4.69) is 5.32 Å². The van der Waals surface area contributed by atoms with Crippen LogP contribution >= 0.6 is 0 Å². The summed E-state index contributed by atoms with van der Waals surface area (Å²) in [5.74, 6) is -1.86. The Labute approximate surface area is 133 Å². The van der Waals surface area contributed by atoms with Crippen LogP contribution < -0.4 is 5.32 Å².